The van der Waals surface area contributed by atoms with Crippen molar-refractivity contribution < 1.29 is 4.79 Å². The highest BCUT2D eigenvalue weighted by molar-refractivity contribution is 5.94. The van der Waals surface area contributed by atoms with E-state index in [4.69, 9.17) is 0 Å². The van der Waals surface area contributed by atoms with Gasteiger partial charge in [-0.3, -0.25) is 14.7 Å². The molecule has 0 radical (unpaired) electrons. The number of hydrogen-bond acceptors (Lipinski definition) is 6. The SMILES string of the molecule is Cc1c(C(=O)N2CCN(C3CCN(C)CC3)[C@H](C)C2)nnn1-c1cccc2cccnc12. The number of fused-ring (bicyclic) bond motifs is 1. The highest BCUT2D eigenvalue weighted by Gasteiger charge is 2.34. The van der Waals surface area contributed by atoms with Crippen LogP contribution in [0.4, 0.5) is 0 Å². The van der Waals surface area contributed by atoms with E-state index in [0.29, 0.717) is 17.8 Å². The summed E-state index contributed by atoms with van der Waals surface area (Å²) in [5.41, 5.74) is 2.87. The number of likely N-dealkylation sites (tertiary alicyclic amines) is 1. The molecule has 1 atom stereocenters. The normalized spacial score (nSPS) is 21.3. The second kappa shape index (κ2) is 8.60. The Morgan fingerprint density at radius 2 is 1.84 bits per heavy atom. The van der Waals surface area contributed by atoms with Gasteiger partial charge >= 0.3 is 0 Å². The molecule has 0 spiro atoms. The van der Waals surface area contributed by atoms with Gasteiger partial charge in [-0.15, -0.1) is 5.10 Å². The van der Waals surface area contributed by atoms with Crippen molar-refractivity contribution in [2.24, 2.45) is 0 Å². The van der Waals surface area contributed by atoms with E-state index in [1.165, 1.54) is 12.8 Å². The van der Waals surface area contributed by atoms with E-state index >= 15 is 0 Å². The fourth-order valence-electron chi connectivity index (χ4n) is 5.19. The Bertz CT molecular complexity index is 1110. The molecule has 2 aromatic heterocycles. The maximum absolute atomic E-state index is 13.4. The van der Waals surface area contributed by atoms with Gasteiger partial charge in [-0.2, -0.15) is 0 Å². The minimum absolute atomic E-state index is 0.0307. The summed E-state index contributed by atoms with van der Waals surface area (Å²) in [6.45, 7) is 8.84. The van der Waals surface area contributed by atoms with E-state index in [9.17, 15) is 4.79 Å². The third-order valence-corrected chi connectivity index (χ3v) is 7.06. The van der Waals surface area contributed by atoms with Crippen LogP contribution in [-0.2, 0) is 0 Å². The number of pyridine rings is 1. The first-order valence-electron chi connectivity index (χ1n) is 11.5. The largest absolute Gasteiger partial charge is 0.334 e. The Hall–Kier alpha value is -2.84. The molecule has 1 amide bonds. The number of piperidine rings is 1. The average molecular weight is 434 g/mol. The van der Waals surface area contributed by atoms with E-state index in [-0.39, 0.29) is 5.91 Å². The molecule has 32 heavy (non-hydrogen) atoms. The lowest BCUT2D eigenvalue weighted by Gasteiger charge is -2.46. The number of para-hydroxylation sites is 1. The van der Waals surface area contributed by atoms with Gasteiger partial charge in [0.05, 0.1) is 16.9 Å². The maximum Gasteiger partial charge on any atom is 0.276 e. The zero-order chi connectivity index (χ0) is 22.2. The van der Waals surface area contributed by atoms with Crippen LogP contribution in [0.15, 0.2) is 36.5 Å². The third kappa shape index (κ3) is 3.78. The van der Waals surface area contributed by atoms with Crippen molar-refractivity contribution in [1.29, 1.82) is 0 Å². The monoisotopic (exact) mass is 433 g/mol. The highest BCUT2D eigenvalue weighted by Crippen LogP contribution is 2.24. The molecule has 1 aromatic carbocycles. The van der Waals surface area contributed by atoms with Crippen LogP contribution >= 0.6 is 0 Å². The molecule has 2 saturated heterocycles. The molecular formula is C24H31N7O. The van der Waals surface area contributed by atoms with Crippen LogP contribution in [0.25, 0.3) is 16.6 Å². The van der Waals surface area contributed by atoms with Gasteiger partial charge in [-0.25, -0.2) is 4.68 Å². The van der Waals surface area contributed by atoms with Crippen LogP contribution in [0, 0.1) is 6.92 Å². The second-order valence-corrected chi connectivity index (χ2v) is 9.16. The second-order valence-electron chi connectivity index (χ2n) is 9.16. The molecule has 0 N–H and O–H groups in total. The smallest absolute Gasteiger partial charge is 0.276 e. The van der Waals surface area contributed by atoms with Gasteiger partial charge in [0.1, 0.15) is 0 Å². The summed E-state index contributed by atoms with van der Waals surface area (Å²) in [6, 6.07) is 10.9. The van der Waals surface area contributed by atoms with Crippen molar-refractivity contribution in [2.75, 3.05) is 39.8 Å². The van der Waals surface area contributed by atoms with E-state index in [1.807, 2.05) is 42.2 Å². The molecule has 0 unspecified atom stereocenters. The topological polar surface area (TPSA) is 70.4 Å². The summed E-state index contributed by atoms with van der Waals surface area (Å²) < 4.78 is 1.74. The molecule has 5 rings (SSSR count). The van der Waals surface area contributed by atoms with Gasteiger partial charge in [0, 0.05) is 43.3 Å². The molecule has 4 heterocycles. The molecule has 168 valence electrons. The van der Waals surface area contributed by atoms with Gasteiger partial charge in [0.15, 0.2) is 5.69 Å². The van der Waals surface area contributed by atoms with Gasteiger partial charge in [0.2, 0.25) is 0 Å². The number of carbonyl (C=O) groups excluding carboxylic acids is 1. The number of benzene rings is 1. The van der Waals surface area contributed by atoms with Crippen molar-refractivity contribution in [2.45, 2.75) is 38.8 Å². The van der Waals surface area contributed by atoms with Crippen molar-refractivity contribution in [3.8, 4) is 5.69 Å². The van der Waals surface area contributed by atoms with Crippen molar-refractivity contribution >= 4 is 16.8 Å². The standard InChI is InChI=1S/C24H31N7O/c1-17-16-29(14-15-30(17)20-9-12-28(3)13-10-20)24(32)22-18(2)31(27-26-22)21-8-4-6-19-7-5-11-25-23(19)21/h4-8,11,17,20H,9-10,12-16H2,1-3H3/t17-/m1/s1. The number of rotatable bonds is 3. The Morgan fingerprint density at radius 1 is 1.06 bits per heavy atom. The lowest BCUT2D eigenvalue weighted by molar-refractivity contribution is 0.0224. The van der Waals surface area contributed by atoms with Crippen LogP contribution in [0.3, 0.4) is 0 Å². The summed E-state index contributed by atoms with van der Waals surface area (Å²) in [6.07, 6.45) is 4.19. The molecule has 0 aliphatic carbocycles. The predicted octanol–water partition coefficient (Wildman–Crippen LogP) is 2.36. The summed E-state index contributed by atoms with van der Waals surface area (Å²) in [4.78, 5) is 24.8. The summed E-state index contributed by atoms with van der Waals surface area (Å²) in [5, 5.41) is 9.66. The van der Waals surface area contributed by atoms with E-state index in [2.05, 4.69) is 39.1 Å². The fraction of sp³-hybridized carbons (Fsp3) is 0.500. The lowest BCUT2D eigenvalue weighted by Crippen LogP contribution is -2.58. The third-order valence-electron chi connectivity index (χ3n) is 7.06. The number of hydrogen-bond donors (Lipinski definition) is 0. The fourth-order valence-corrected chi connectivity index (χ4v) is 5.19. The molecule has 0 bridgehead atoms. The number of piperazine rings is 1. The van der Waals surface area contributed by atoms with Gasteiger partial charge in [-0.1, -0.05) is 23.4 Å². The molecule has 2 aliphatic rings. The Kier molecular flexibility index (Phi) is 5.65. The first-order chi connectivity index (χ1) is 15.5. The van der Waals surface area contributed by atoms with Crippen LogP contribution in [0.1, 0.15) is 35.9 Å². The Balaban J connectivity index is 1.33. The van der Waals surface area contributed by atoms with Crippen molar-refractivity contribution in [3.05, 3.63) is 47.9 Å². The summed E-state index contributed by atoms with van der Waals surface area (Å²) in [5.74, 6) is -0.0307. The molecule has 2 fully saturated rings. The average Bonchev–Trinajstić information content (AvgIpc) is 3.20. The molecule has 0 saturated carbocycles. The van der Waals surface area contributed by atoms with Crippen molar-refractivity contribution in [3.63, 3.8) is 0 Å². The highest BCUT2D eigenvalue weighted by atomic mass is 16.2. The quantitative estimate of drug-likeness (QED) is 0.632. The van der Waals surface area contributed by atoms with Crippen LogP contribution in [0.2, 0.25) is 0 Å². The predicted molar refractivity (Wildman–Crippen MR) is 124 cm³/mol. The zero-order valence-corrected chi connectivity index (χ0v) is 19.1. The number of nitrogens with zero attached hydrogens (tertiary/aromatic N) is 7. The van der Waals surface area contributed by atoms with Gasteiger partial charge in [-0.05, 0) is 59.0 Å². The van der Waals surface area contributed by atoms with Crippen LogP contribution < -0.4 is 0 Å². The first kappa shape index (κ1) is 21.0. The maximum atomic E-state index is 13.4. The Morgan fingerprint density at radius 3 is 2.62 bits per heavy atom. The first-order valence-corrected chi connectivity index (χ1v) is 11.5. The molecule has 3 aromatic rings. The summed E-state index contributed by atoms with van der Waals surface area (Å²) in [7, 11) is 2.19. The van der Waals surface area contributed by atoms with E-state index in [0.717, 1.165) is 55.0 Å². The van der Waals surface area contributed by atoms with Gasteiger partial charge < -0.3 is 9.80 Å². The number of amides is 1. The molecular weight excluding hydrogens is 402 g/mol. The van der Waals surface area contributed by atoms with E-state index < -0.39 is 0 Å². The molecule has 2 aliphatic heterocycles. The Labute approximate surface area is 188 Å². The number of carbonyl (C=O) groups is 1. The lowest BCUT2D eigenvalue weighted by atomic mass is 10.00. The minimum Gasteiger partial charge on any atom is -0.334 e. The number of aromatic nitrogens is 4. The zero-order valence-electron chi connectivity index (χ0n) is 19.1. The van der Waals surface area contributed by atoms with Crippen LogP contribution in [0.5, 0.6) is 0 Å². The summed E-state index contributed by atoms with van der Waals surface area (Å²) >= 11 is 0. The van der Waals surface area contributed by atoms with Gasteiger partial charge in [0.25, 0.3) is 5.91 Å². The molecule has 8 heteroatoms. The van der Waals surface area contributed by atoms with Crippen LogP contribution in [-0.4, -0.2) is 92.4 Å². The van der Waals surface area contributed by atoms with Crippen molar-refractivity contribution in [1.82, 2.24) is 34.7 Å². The van der Waals surface area contributed by atoms with E-state index in [1.54, 1.807) is 10.9 Å². The minimum atomic E-state index is -0.0307. The molecule has 8 nitrogen and oxygen atoms in total.